The first-order valence-electron chi connectivity index (χ1n) is 6.31. The van der Waals surface area contributed by atoms with Gasteiger partial charge in [0.1, 0.15) is 5.82 Å². The van der Waals surface area contributed by atoms with E-state index >= 15 is 0 Å². The summed E-state index contributed by atoms with van der Waals surface area (Å²) in [6, 6.07) is 11.2. The number of hydrogen-bond donors (Lipinski definition) is 1. The summed E-state index contributed by atoms with van der Waals surface area (Å²) in [5.74, 6) is -0.123. The van der Waals surface area contributed by atoms with Crippen molar-refractivity contribution in [2.75, 3.05) is 6.54 Å². The molecule has 0 aliphatic heterocycles. The number of halogens is 1. The zero-order valence-electron chi connectivity index (χ0n) is 10.5. The predicted molar refractivity (Wildman–Crippen MR) is 75.5 cm³/mol. The van der Waals surface area contributed by atoms with Crippen LogP contribution in [0.2, 0.25) is 0 Å². The van der Waals surface area contributed by atoms with Crippen molar-refractivity contribution in [2.24, 2.45) is 0 Å². The SMILES string of the molecule is CCCNC(Cc1cccs1)c1ccccc1F. The van der Waals surface area contributed by atoms with Gasteiger partial charge in [-0.15, -0.1) is 11.3 Å². The van der Waals surface area contributed by atoms with Gasteiger partial charge in [0.05, 0.1) is 0 Å². The molecule has 1 unspecified atom stereocenters. The first kappa shape index (κ1) is 13.2. The summed E-state index contributed by atoms with van der Waals surface area (Å²) in [5, 5.41) is 5.49. The van der Waals surface area contributed by atoms with Gasteiger partial charge in [0, 0.05) is 22.9 Å². The highest BCUT2D eigenvalue weighted by Gasteiger charge is 2.15. The van der Waals surface area contributed by atoms with E-state index < -0.39 is 0 Å². The summed E-state index contributed by atoms with van der Waals surface area (Å²) in [6.45, 7) is 3.03. The molecule has 1 nitrogen and oxygen atoms in total. The van der Waals surface area contributed by atoms with E-state index in [4.69, 9.17) is 0 Å². The maximum atomic E-state index is 13.9. The Morgan fingerprint density at radius 1 is 1.22 bits per heavy atom. The Balaban J connectivity index is 2.16. The van der Waals surface area contributed by atoms with Crippen molar-refractivity contribution in [2.45, 2.75) is 25.8 Å². The van der Waals surface area contributed by atoms with Crippen molar-refractivity contribution in [3.8, 4) is 0 Å². The van der Waals surface area contributed by atoms with Crippen LogP contribution in [-0.2, 0) is 6.42 Å². The fraction of sp³-hybridized carbons (Fsp3) is 0.333. The van der Waals surface area contributed by atoms with Crippen LogP contribution in [0.4, 0.5) is 4.39 Å². The highest BCUT2D eigenvalue weighted by atomic mass is 32.1. The molecule has 0 saturated carbocycles. The van der Waals surface area contributed by atoms with Gasteiger partial charge in [-0.05, 0) is 30.5 Å². The molecule has 1 N–H and O–H groups in total. The van der Waals surface area contributed by atoms with Gasteiger partial charge in [0.2, 0.25) is 0 Å². The molecule has 0 fully saturated rings. The molecule has 0 spiro atoms. The van der Waals surface area contributed by atoms with Crippen LogP contribution in [0.25, 0.3) is 0 Å². The molecule has 3 heteroatoms. The Morgan fingerprint density at radius 3 is 2.72 bits per heavy atom. The highest BCUT2D eigenvalue weighted by molar-refractivity contribution is 7.09. The Bertz CT molecular complexity index is 467. The Labute approximate surface area is 112 Å². The zero-order valence-corrected chi connectivity index (χ0v) is 11.3. The molecular weight excluding hydrogens is 245 g/mol. The van der Waals surface area contributed by atoms with Gasteiger partial charge in [0.25, 0.3) is 0 Å². The Hall–Kier alpha value is -1.19. The third-order valence-electron chi connectivity index (χ3n) is 2.91. The second kappa shape index (κ2) is 6.66. The molecule has 0 saturated heterocycles. The van der Waals surface area contributed by atoms with E-state index in [1.165, 1.54) is 10.9 Å². The molecule has 96 valence electrons. The predicted octanol–water partition coefficient (Wildman–Crippen LogP) is 4.17. The van der Waals surface area contributed by atoms with E-state index in [0.717, 1.165) is 24.9 Å². The first-order chi connectivity index (χ1) is 8.81. The largest absolute Gasteiger partial charge is 0.310 e. The quantitative estimate of drug-likeness (QED) is 0.824. The van der Waals surface area contributed by atoms with E-state index in [2.05, 4.69) is 23.7 Å². The fourth-order valence-corrected chi connectivity index (χ4v) is 2.75. The number of nitrogens with one attached hydrogen (secondary N) is 1. The third-order valence-corrected chi connectivity index (χ3v) is 3.81. The van der Waals surface area contributed by atoms with Gasteiger partial charge in [-0.2, -0.15) is 0 Å². The van der Waals surface area contributed by atoms with Crippen molar-refractivity contribution in [3.63, 3.8) is 0 Å². The monoisotopic (exact) mass is 263 g/mol. The van der Waals surface area contributed by atoms with Crippen molar-refractivity contribution in [1.82, 2.24) is 5.32 Å². The van der Waals surface area contributed by atoms with Crippen LogP contribution < -0.4 is 5.32 Å². The Morgan fingerprint density at radius 2 is 2.06 bits per heavy atom. The van der Waals surface area contributed by atoms with E-state index in [-0.39, 0.29) is 11.9 Å². The minimum atomic E-state index is -0.123. The average molecular weight is 263 g/mol. The van der Waals surface area contributed by atoms with Gasteiger partial charge in [-0.1, -0.05) is 31.2 Å². The molecule has 1 aromatic carbocycles. The molecule has 0 radical (unpaired) electrons. The van der Waals surface area contributed by atoms with Crippen LogP contribution in [0.1, 0.15) is 29.8 Å². The number of rotatable bonds is 6. The molecule has 1 heterocycles. The number of thiophene rings is 1. The lowest BCUT2D eigenvalue weighted by molar-refractivity contribution is 0.499. The van der Waals surface area contributed by atoms with Crippen LogP contribution in [-0.4, -0.2) is 6.54 Å². The lowest BCUT2D eigenvalue weighted by Crippen LogP contribution is -2.24. The number of hydrogen-bond acceptors (Lipinski definition) is 2. The standard InChI is InChI=1S/C15H18FNS/c1-2-9-17-15(11-12-6-5-10-18-12)13-7-3-4-8-14(13)16/h3-8,10,15,17H,2,9,11H2,1H3. The molecule has 0 amide bonds. The summed E-state index contributed by atoms with van der Waals surface area (Å²) >= 11 is 1.72. The second-order valence-electron chi connectivity index (χ2n) is 4.31. The van der Waals surface area contributed by atoms with E-state index in [1.54, 1.807) is 17.4 Å². The molecular formula is C15H18FNS. The van der Waals surface area contributed by atoms with E-state index in [9.17, 15) is 4.39 Å². The lowest BCUT2D eigenvalue weighted by Gasteiger charge is -2.19. The lowest BCUT2D eigenvalue weighted by atomic mass is 10.0. The van der Waals surface area contributed by atoms with Crippen molar-refractivity contribution in [1.29, 1.82) is 0 Å². The molecule has 2 aromatic rings. The molecule has 0 aliphatic carbocycles. The van der Waals surface area contributed by atoms with Crippen molar-refractivity contribution in [3.05, 3.63) is 58.0 Å². The van der Waals surface area contributed by atoms with Gasteiger partial charge in [0.15, 0.2) is 0 Å². The molecule has 1 aromatic heterocycles. The topological polar surface area (TPSA) is 12.0 Å². The van der Waals surface area contributed by atoms with Crippen LogP contribution in [0.5, 0.6) is 0 Å². The fourth-order valence-electron chi connectivity index (χ4n) is 2.00. The third kappa shape index (κ3) is 3.40. The van der Waals surface area contributed by atoms with Crippen molar-refractivity contribution >= 4 is 11.3 Å². The maximum Gasteiger partial charge on any atom is 0.127 e. The minimum Gasteiger partial charge on any atom is -0.310 e. The van der Waals surface area contributed by atoms with Crippen LogP contribution in [0.15, 0.2) is 41.8 Å². The second-order valence-corrected chi connectivity index (χ2v) is 5.34. The molecule has 1 atom stereocenters. The van der Waals surface area contributed by atoms with Gasteiger partial charge < -0.3 is 5.32 Å². The van der Waals surface area contributed by atoms with Crippen molar-refractivity contribution < 1.29 is 4.39 Å². The zero-order chi connectivity index (χ0) is 12.8. The summed E-state index contributed by atoms with van der Waals surface area (Å²) in [5.41, 5.74) is 0.763. The number of benzene rings is 1. The van der Waals surface area contributed by atoms with Gasteiger partial charge >= 0.3 is 0 Å². The van der Waals surface area contributed by atoms with Crippen LogP contribution in [0.3, 0.4) is 0 Å². The molecule has 18 heavy (non-hydrogen) atoms. The highest BCUT2D eigenvalue weighted by Crippen LogP contribution is 2.23. The van der Waals surface area contributed by atoms with Gasteiger partial charge in [-0.3, -0.25) is 0 Å². The maximum absolute atomic E-state index is 13.9. The normalized spacial score (nSPS) is 12.6. The van der Waals surface area contributed by atoms with Gasteiger partial charge in [-0.25, -0.2) is 4.39 Å². The average Bonchev–Trinajstić information content (AvgIpc) is 2.88. The summed E-state index contributed by atoms with van der Waals surface area (Å²) in [6.07, 6.45) is 1.90. The summed E-state index contributed by atoms with van der Waals surface area (Å²) in [7, 11) is 0. The first-order valence-corrected chi connectivity index (χ1v) is 7.19. The Kier molecular flexibility index (Phi) is 4.90. The molecule has 0 bridgehead atoms. The summed E-state index contributed by atoms with van der Waals surface area (Å²) < 4.78 is 13.9. The minimum absolute atomic E-state index is 0.0600. The van der Waals surface area contributed by atoms with Crippen LogP contribution in [0, 0.1) is 5.82 Å². The van der Waals surface area contributed by atoms with E-state index in [0.29, 0.717) is 0 Å². The summed E-state index contributed by atoms with van der Waals surface area (Å²) in [4.78, 5) is 1.28. The van der Waals surface area contributed by atoms with E-state index in [1.807, 2.05) is 18.2 Å². The van der Waals surface area contributed by atoms with Crippen LogP contribution >= 0.6 is 11.3 Å². The molecule has 2 rings (SSSR count). The smallest absolute Gasteiger partial charge is 0.127 e. The molecule has 0 aliphatic rings.